The average molecular weight is 515 g/mol. The average Bonchev–Trinajstić information content (AvgIpc) is 3.55. The van der Waals surface area contributed by atoms with Crippen LogP contribution in [0.5, 0.6) is 0 Å². The summed E-state index contributed by atoms with van der Waals surface area (Å²) in [6, 6.07) is 42.6. The zero-order valence-corrected chi connectivity index (χ0v) is 21.9. The zero-order valence-electron chi connectivity index (χ0n) is 21.9. The van der Waals surface area contributed by atoms with E-state index in [1.807, 2.05) is 12.1 Å². The first-order chi connectivity index (χ1) is 19.8. The summed E-state index contributed by atoms with van der Waals surface area (Å²) in [7, 11) is 0. The monoisotopic (exact) mass is 514 g/mol. The van der Waals surface area contributed by atoms with E-state index in [-0.39, 0.29) is 0 Å². The number of benzene rings is 5. The molecular formula is C37H26N2O. The summed E-state index contributed by atoms with van der Waals surface area (Å²) < 4.78 is 5.01. The number of fused-ring (bicyclic) bond motifs is 6. The highest BCUT2D eigenvalue weighted by Gasteiger charge is 2.37. The van der Waals surface area contributed by atoms with E-state index in [2.05, 4.69) is 137 Å². The number of aldehydes is 1. The molecule has 0 radical (unpaired) electrons. The van der Waals surface area contributed by atoms with Crippen LogP contribution in [0.3, 0.4) is 0 Å². The van der Waals surface area contributed by atoms with Gasteiger partial charge in [0.15, 0.2) is 0 Å². The molecule has 0 saturated carbocycles. The fourth-order valence-corrected chi connectivity index (χ4v) is 6.72. The Kier molecular flexibility index (Phi) is 4.95. The van der Waals surface area contributed by atoms with Gasteiger partial charge >= 0.3 is 0 Å². The van der Waals surface area contributed by atoms with Gasteiger partial charge in [0.25, 0.3) is 0 Å². The van der Waals surface area contributed by atoms with Crippen LogP contribution in [0, 0.1) is 0 Å². The second kappa shape index (κ2) is 8.69. The van der Waals surface area contributed by atoms with Crippen molar-refractivity contribution in [1.82, 2.24) is 9.13 Å². The van der Waals surface area contributed by atoms with Gasteiger partial charge in [-0.1, -0.05) is 97.1 Å². The highest BCUT2D eigenvalue weighted by molar-refractivity contribution is 6.11. The van der Waals surface area contributed by atoms with Gasteiger partial charge in [0.2, 0.25) is 0 Å². The van der Waals surface area contributed by atoms with Crippen LogP contribution in [0.2, 0.25) is 0 Å². The molecular weight excluding hydrogens is 488 g/mol. The molecule has 0 bridgehead atoms. The van der Waals surface area contributed by atoms with Crippen molar-refractivity contribution < 1.29 is 4.79 Å². The number of para-hydroxylation sites is 3. The van der Waals surface area contributed by atoms with Gasteiger partial charge in [0.05, 0.1) is 22.1 Å². The Labute approximate surface area is 231 Å². The SMILES string of the molecule is O=Cc1ccc2c(c1)c1ccccc1n2C1(n2c3ccccc3c3ccccc32)C=CC(c2ccccc2)=CC1. The highest BCUT2D eigenvalue weighted by Crippen LogP contribution is 2.45. The fraction of sp³-hybridized carbons (Fsp3) is 0.0541. The molecule has 5 aromatic carbocycles. The highest BCUT2D eigenvalue weighted by atomic mass is 16.1. The predicted octanol–water partition coefficient (Wildman–Crippen LogP) is 8.96. The maximum absolute atomic E-state index is 11.8. The van der Waals surface area contributed by atoms with E-state index in [9.17, 15) is 4.79 Å². The third-order valence-corrected chi connectivity index (χ3v) is 8.45. The third kappa shape index (κ3) is 3.15. The van der Waals surface area contributed by atoms with Gasteiger partial charge in [-0.05, 0) is 53.6 Å². The van der Waals surface area contributed by atoms with Crippen LogP contribution in [-0.4, -0.2) is 15.4 Å². The van der Waals surface area contributed by atoms with Crippen LogP contribution in [0.15, 0.2) is 140 Å². The van der Waals surface area contributed by atoms with Crippen LogP contribution in [0.4, 0.5) is 0 Å². The first-order valence-corrected chi connectivity index (χ1v) is 13.7. The minimum atomic E-state index is -0.564. The van der Waals surface area contributed by atoms with Crippen LogP contribution in [0.25, 0.3) is 49.2 Å². The lowest BCUT2D eigenvalue weighted by Gasteiger charge is -2.39. The smallest absolute Gasteiger partial charge is 0.150 e. The summed E-state index contributed by atoms with van der Waals surface area (Å²) in [6.45, 7) is 0. The summed E-state index contributed by atoms with van der Waals surface area (Å²) >= 11 is 0. The largest absolute Gasteiger partial charge is 0.313 e. The Hall–Kier alpha value is -5.15. The fourth-order valence-electron chi connectivity index (χ4n) is 6.72. The molecule has 3 nitrogen and oxygen atoms in total. The molecule has 0 N–H and O–H groups in total. The van der Waals surface area contributed by atoms with Crippen molar-refractivity contribution in [2.75, 3.05) is 0 Å². The van der Waals surface area contributed by atoms with E-state index in [1.54, 1.807) is 0 Å². The number of carbonyl (C=O) groups is 1. The van der Waals surface area contributed by atoms with Crippen molar-refractivity contribution in [1.29, 1.82) is 0 Å². The van der Waals surface area contributed by atoms with E-state index >= 15 is 0 Å². The molecule has 0 amide bonds. The summed E-state index contributed by atoms with van der Waals surface area (Å²) in [6.07, 6.45) is 8.74. The van der Waals surface area contributed by atoms with E-state index in [0.29, 0.717) is 5.56 Å². The molecule has 2 heterocycles. The van der Waals surface area contributed by atoms with Gasteiger partial charge in [-0.25, -0.2) is 0 Å². The second-order valence-electron chi connectivity index (χ2n) is 10.6. The lowest BCUT2D eigenvalue weighted by molar-refractivity contribution is 0.112. The van der Waals surface area contributed by atoms with Gasteiger partial charge in [-0.3, -0.25) is 4.79 Å². The number of hydrogen-bond donors (Lipinski definition) is 0. The molecule has 8 rings (SSSR count). The van der Waals surface area contributed by atoms with Gasteiger partial charge in [-0.2, -0.15) is 0 Å². The molecule has 0 saturated heterocycles. The van der Waals surface area contributed by atoms with Gasteiger partial charge in [-0.15, -0.1) is 0 Å². The Morgan fingerprint density at radius 3 is 1.65 bits per heavy atom. The lowest BCUT2D eigenvalue weighted by atomic mass is 9.91. The molecule has 1 aliphatic rings. The van der Waals surface area contributed by atoms with Crippen LogP contribution < -0.4 is 0 Å². The van der Waals surface area contributed by atoms with Crippen LogP contribution in [-0.2, 0) is 5.66 Å². The number of hydrogen-bond acceptors (Lipinski definition) is 1. The van der Waals surface area contributed by atoms with Gasteiger partial charge in [0.1, 0.15) is 11.9 Å². The molecule has 0 aliphatic heterocycles. The Morgan fingerprint density at radius 2 is 1.10 bits per heavy atom. The number of carbonyl (C=O) groups excluding carboxylic acids is 1. The number of allylic oxidation sites excluding steroid dienone is 4. The van der Waals surface area contributed by atoms with Crippen molar-refractivity contribution in [3.05, 3.63) is 151 Å². The Balaban J connectivity index is 1.52. The Morgan fingerprint density at radius 1 is 0.575 bits per heavy atom. The summed E-state index contributed by atoms with van der Waals surface area (Å²) in [5, 5.41) is 4.72. The molecule has 7 aromatic rings. The van der Waals surface area contributed by atoms with E-state index < -0.39 is 5.66 Å². The van der Waals surface area contributed by atoms with Crippen molar-refractivity contribution in [3.63, 3.8) is 0 Å². The van der Waals surface area contributed by atoms with Crippen molar-refractivity contribution >= 4 is 55.5 Å². The third-order valence-electron chi connectivity index (χ3n) is 8.45. The molecule has 0 fully saturated rings. The minimum absolute atomic E-state index is 0.564. The van der Waals surface area contributed by atoms with E-state index in [4.69, 9.17) is 0 Å². The second-order valence-corrected chi connectivity index (χ2v) is 10.6. The molecule has 0 spiro atoms. The topological polar surface area (TPSA) is 26.9 Å². The van der Waals surface area contributed by atoms with Crippen LogP contribution in [0.1, 0.15) is 22.3 Å². The van der Waals surface area contributed by atoms with Crippen molar-refractivity contribution in [3.8, 4) is 0 Å². The quantitative estimate of drug-likeness (QED) is 0.215. The standard InChI is InChI=1S/C37H26N2O/c40-25-26-18-19-36-32(24-26)31-14-6-9-17-35(31)39(36)37(22-20-28(21-23-37)27-10-2-1-3-11-27)38-33-15-7-4-12-29(33)30-13-5-8-16-34(30)38/h1-22,24-25H,23H2. The Bertz CT molecular complexity index is 2110. The lowest BCUT2D eigenvalue weighted by Crippen LogP contribution is -2.39. The van der Waals surface area contributed by atoms with E-state index in [1.165, 1.54) is 32.9 Å². The molecule has 190 valence electrons. The zero-order chi connectivity index (χ0) is 26.7. The van der Waals surface area contributed by atoms with Gasteiger partial charge in [0, 0.05) is 33.5 Å². The summed E-state index contributed by atoms with van der Waals surface area (Å²) in [5.41, 5.74) is 7.20. The minimum Gasteiger partial charge on any atom is -0.313 e. The van der Waals surface area contributed by atoms with Crippen molar-refractivity contribution in [2.45, 2.75) is 12.1 Å². The number of nitrogens with zero attached hydrogens (tertiary/aromatic N) is 2. The first kappa shape index (κ1) is 22.8. The summed E-state index contributed by atoms with van der Waals surface area (Å²) in [5.74, 6) is 0. The van der Waals surface area contributed by atoms with E-state index in [0.717, 1.165) is 34.5 Å². The molecule has 40 heavy (non-hydrogen) atoms. The van der Waals surface area contributed by atoms with Crippen LogP contribution >= 0.6 is 0 Å². The maximum Gasteiger partial charge on any atom is 0.150 e. The van der Waals surface area contributed by atoms with Gasteiger partial charge < -0.3 is 9.13 Å². The van der Waals surface area contributed by atoms with Crippen molar-refractivity contribution in [2.24, 2.45) is 0 Å². The molecule has 1 aliphatic carbocycles. The predicted molar refractivity (Wildman–Crippen MR) is 166 cm³/mol. The first-order valence-electron chi connectivity index (χ1n) is 13.7. The molecule has 2 aromatic heterocycles. The molecule has 1 unspecified atom stereocenters. The molecule has 1 atom stereocenters. The number of aromatic nitrogens is 2. The molecule has 3 heteroatoms. The summed E-state index contributed by atoms with van der Waals surface area (Å²) in [4.78, 5) is 11.8. The number of rotatable bonds is 4. The maximum atomic E-state index is 11.8. The normalized spacial score (nSPS) is 17.1.